The lowest BCUT2D eigenvalue weighted by molar-refractivity contribution is 0.662. The van der Waals surface area contributed by atoms with Gasteiger partial charge < -0.3 is 9.32 Å². The molecule has 0 unspecified atom stereocenters. The molecule has 2 heteroatoms. The number of fused-ring (bicyclic) bond motifs is 7. The van der Waals surface area contributed by atoms with Gasteiger partial charge in [-0.15, -0.1) is 0 Å². The minimum absolute atomic E-state index is 0.102. The molecule has 0 spiro atoms. The zero-order valence-electron chi connectivity index (χ0n) is 31.9. The highest BCUT2D eigenvalue weighted by molar-refractivity contribution is 6.06. The third-order valence-electron chi connectivity index (χ3n) is 12.1. The molecule has 270 valence electrons. The van der Waals surface area contributed by atoms with Crippen molar-refractivity contribution in [3.8, 4) is 44.5 Å². The van der Waals surface area contributed by atoms with Gasteiger partial charge in [-0.05, 0) is 109 Å². The van der Waals surface area contributed by atoms with Crippen molar-refractivity contribution in [2.45, 2.75) is 19.3 Å². The summed E-state index contributed by atoms with van der Waals surface area (Å²) in [4.78, 5) is 2.41. The Balaban J connectivity index is 1.08. The maximum atomic E-state index is 6.39. The predicted molar refractivity (Wildman–Crippen MR) is 240 cm³/mol. The Morgan fingerprint density at radius 1 is 0.386 bits per heavy atom. The number of anilines is 3. The van der Waals surface area contributed by atoms with Crippen molar-refractivity contribution in [1.29, 1.82) is 0 Å². The van der Waals surface area contributed by atoms with Gasteiger partial charge in [-0.3, -0.25) is 0 Å². The van der Waals surface area contributed by atoms with E-state index in [9.17, 15) is 0 Å². The normalized spacial score (nSPS) is 12.9. The minimum atomic E-state index is -0.102. The van der Waals surface area contributed by atoms with Gasteiger partial charge in [0.25, 0.3) is 0 Å². The highest BCUT2D eigenvalue weighted by Gasteiger charge is 2.37. The van der Waals surface area contributed by atoms with Crippen LogP contribution in [0.2, 0.25) is 0 Å². The average molecular weight is 730 g/mol. The second-order valence-corrected chi connectivity index (χ2v) is 15.7. The molecule has 1 aromatic heterocycles. The molecule has 0 N–H and O–H groups in total. The Hall–Kier alpha value is -7.16. The topological polar surface area (TPSA) is 16.4 Å². The lowest BCUT2D eigenvalue weighted by Gasteiger charge is -2.29. The van der Waals surface area contributed by atoms with Gasteiger partial charge in [-0.25, -0.2) is 0 Å². The van der Waals surface area contributed by atoms with Crippen molar-refractivity contribution >= 4 is 49.8 Å². The van der Waals surface area contributed by atoms with Gasteiger partial charge in [0.1, 0.15) is 11.2 Å². The summed E-state index contributed by atoms with van der Waals surface area (Å²) in [5.41, 5.74) is 17.5. The molecule has 0 amide bonds. The maximum Gasteiger partial charge on any atom is 0.136 e. The number of benzene rings is 9. The summed E-state index contributed by atoms with van der Waals surface area (Å²) in [6, 6.07) is 72.6. The molecule has 11 rings (SSSR count). The summed E-state index contributed by atoms with van der Waals surface area (Å²) in [7, 11) is 0. The Kier molecular flexibility index (Phi) is 7.55. The van der Waals surface area contributed by atoms with Crippen LogP contribution in [-0.2, 0) is 5.41 Å². The Labute approximate surface area is 332 Å². The zero-order valence-corrected chi connectivity index (χ0v) is 31.9. The second kappa shape index (κ2) is 13.0. The Morgan fingerprint density at radius 2 is 1.00 bits per heavy atom. The third kappa shape index (κ3) is 5.33. The molecule has 0 radical (unpaired) electrons. The number of rotatable bonds is 6. The standard InChI is InChI=1S/C55H39NO/c1-55(2)50-25-8-5-20-46(50)49-24-13-23-45(54(49)55)37-28-31-40(32-29-37)56(41-17-11-16-38(34-41)43-22-12-15-36-14-3-4-18-42(36)43)51-26-9-6-19-44(51)39-30-33-48-47-21-7-10-27-52(47)57-53(48)35-39/h3-35H,1-2H3. The molecule has 0 bridgehead atoms. The molecule has 0 saturated heterocycles. The molecule has 1 aliphatic rings. The van der Waals surface area contributed by atoms with Gasteiger partial charge >= 0.3 is 0 Å². The smallest absolute Gasteiger partial charge is 0.136 e. The van der Waals surface area contributed by atoms with Crippen LogP contribution in [0, 0.1) is 0 Å². The van der Waals surface area contributed by atoms with Crippen molar-refractivity contribution in [1.82, 2.24) is 0 Å². The average Bonchev–Trinajstić information content (AvgIpc) is 3.75. The van der Waals surface area contributed by atoms with Crippen molar-refractivity contribution < 1.29 is 4.42 Å². The molecule has 0 fully saturated rings. The highest BCUT2D eigenvalue weighted by atomic mass is 16.3. The van der Waals surface area contributed by atoms with E-state index in [1.807, 2.05) is 12.1 Å². The first-order valence-electron chi connectivity index (χ1n) is 19.8. The van der Waals surface area contributed by atoms with E-state index in [1.165, 1.54) is 55.3 Å². The monoisotopic (exact) mass is 729 g/mol. The van der Waals surface area contributed by atoms with Crippen LogP contribution in [0.1, 0.15) is 25.0 Å². The molecule has 0 atom stereocenters. The molecule has 1 aliphatic carbocycles. The van der Waals surface area contributed by atoms with Gasteiger partial charge in [-0.1, -0.05) is 166 Å². The van der Waals surface area contributed by atoms with Crippen LogP contribution < -0.4 is 4.90 Å². The Bertz CT molecular complexity index is 3160. The Morgan fingerprint density at radius 3 is 1.89 bits per heavy atom. The zero-order chi connectivity index (χ0) is 38.1. The van der Waals surface area contributed by atoms with E-state index in [0.29, 0.717) is 0 Å². The first-order chi connectivity index (χ1) is 28.0. The van der Waals surface area contributed by atoms with E-state index in [4.69, 9.17) is 4.42 Å². The first kappa shape index (κ1) is 33.2. The van der Waals surface area contributed by atoms with E-state index >= 15 is 0 Å². The summed E-state index contributed by atoms with van der Waals surface area (Å²) < 4.78 is 6.39. The predicted octanol–water partition coefficient (Wildman–Crippen LogP) is 15.5. The highest BCUT2D eigenvalue weighted by Crippen LogP contribution is 2.52. The minimum Gasteiger partial charge on any atom is -0.456 e. The lowest BCUT2D eigenvalue weighted by Crippen LogP contribution is -2.16. The van der Waals surface area contributed by atoms with E-state index in [1.54, 1.807) is 0 Å². The van der Waals surface area contributed by atoms with Crippen molar-refractivity contribution in [3.63, 3.8) is 0 Å². The fraction of sp³-hybridized carbons (Fsp3) is 0.0545. The number of furan rings is 1. The molecule has 0 aliphatic heterocycles. The maximum absolute atomic E-state index is 6.39. The second-order valence-electron chi connectivity index (χ2n) is 15.7. The van der Waals surface area contributed by atoms with Gasteiger partial charge in [0.15, 0.2) is 0 Å². The molecular formula is C55H39NO. The summed E-state index contributed by atoms with van der Waals surface area (Å²) in [5.74, 6) is 0. The first-order valence-corrected chi connectivity index (χ1v) is 19.8. The van der Waals surface area contributed by atoms with Crippen molar-refractivity contribution in [3.05, 3.63) is 211 Å². The van der Waals surface area contributed by atoms with Gasteiger partial charge in [0.05, 0.1) is 5.69 Å². The van der Waals surface area contributed by atoms with E-state index < -0.39 is 0 Å². The van der Waals surface area contributed by atoms with Crippen LogP contribution in [0.4, 0.5) is 17.1 Å². The van der Waals surface area contributed by atoms with Crippen LogP contribution in [0.15, 0.2) is 205 Å². The van der Waals surface area contributed by atoms with E-state index in [-0.39, 0.29) is 5.41 Å². The molecule has 0 saturated carbocycles. The van der Waals surface area contributed by atoms with E-state index in [0.717, 1.165) is 50.1 Å². The summed E-state index contributed by atoms with van der Waals surface area (Å²) in [6.45, 7) is 4.72. The molecule has 57 heavy (non-hydrogen) atoms. The molecule has 10 aromatic rings. The number of nitrogens with zero attached hydrogens (tertiary/aromatic N) is 1. The van der Waals surface area contributed by atoms with Crippen molar-refractivity contribution in [2.75, 3.05) is 4.90 Å². The molecule has 2 nitrogen and oxygen atoms in total. The van der Waals surface area contributed by atoms with Gasteiger partial charge in [-0.2, -0.15) is 0 Å². The van der Waals surface area contributed by atoms with Crippen LogP contribution in [0.3, 0.4) is 0 Å². The van der Waals surface area contributed by atoms with E-state index in [2.05, 4.69) is 207 Å². The molecule has 9 aromatic carbocycles. The van der Waals surface area contributed by atoms with Crippen LogP contribution in [0.5, 0.6) is 0 Å². The lowest BCUT2D eigenvalue weighted by atomic mass is 9.79. The molecular weight excluding hydrogens is 691 g/mol. The summed E-state index contributed by atoms with van der Waals surface area (Å²) in [6.07, 6.45) is 0. The SMILES string of the molecule is CC1(C)c2ccccc2-c2cccc(-c3ccc(N(c4cccc(-c5cccc6ccccc56)c4)c4ccccc4-c4ccc5c(c4)oc4ccccc45)cc3)c21. The summed E-state index contributed by atoms with van der Waals surface area (Å²) >= 11 is 0. The fourth-order valence-electron chi connectivity index (χ4n) is 9.40. The van der Waals surface area contributed by atoms with Gasteiger partial charge in [0, 0.05) is 33.1 Å². The van der Waals surface area contributed by atoms with Crippen molar-refractivity contribution in [2.24, 2.45) is 0 Å². The van der Waals surface area contributed by atoms with Crippen LogP contribution in [0.25, 0.3) is 77.2 Å². The quantitative estimate of drug-likeness (QED) is 0.169. The van der Waals surface area contributed by atoms with Crippen LogP contribution in [-0.4, -0.2) is 0 Å². The number of hydrogen-bond donors (Lipinski definition) is 0. The largest absolute Gasteiger partial charge is 0.456 e. The van der Waals surface area contributed by atoms with Gasteiger partial charge in [0.2, 0.25) is 0 Å². The number of para-hydroxylation sites is 2. The fourth-order valence-corrected chi connectivity index (χ4v) is 9.40. The molecule has 1 heterocycles. The third-order valence-corrected chi connectivity index (χ3v) is 12.1. The number of hydrogen-bond acceptors (Lipinski definition) is 2. The van der Waals surface area contributed by atoms with Crippen LogP contribution >= 0.6 is 0 Å². The summed E-state index contributed by atoms with van der Waals surface area (Å²) in [5, 5.41) is 4.74.